The van der Waals surface area contributed by atoms with E-state index in [2.05, 4.69) is 22.7 Å². The molecule has 5 heteroatoms. The number of rotatable bonds is 5. The molecule has 0 radical (unpaired) electrons. The van der Waals surface area contributed by atoms with E-state index in [4.69, 9.17) is 5.84 Å². The molecule has 1 heterocycles. The lowest BCUT2D eigenvalue weighted by Crippen LogP contribution is -2.16. The number of hydrazine groups is 1. The van der Waals surface area contributed by atoms with Crippen LogP contribution >= 0.6 is 0 Å². The van der Waals surface area contributed by atoms with Gasteiger partial charge in [-0.3, -0.25) is 15.6 Å². The quantitative estimate of drug-likeness (QED) is 0.576. The number of carbonyl (C=O) groups is 1. The van der Waals surface area contributed by atoms with Gasteiger partial charge < -0.3 is 10.7 Å². The highest BCUT2D eigenvalue weighted by atomic mass is 16.1. The van der Waals surface area contributed by atoms with E-state index in [1.165, 1.54) is 0 Å². The first-order valence-corrected chi connectivity index (χ1v) is 6.56. The molecule has 0 fully saturated rings. The number of amides is 1. The van der Waals surface area contributed by atoms with Crippen molar-refractivity contribution in [2.75, 3.05) is 10.7 Å². The van der Waals surface area contributed by atoms with Crippen LogP contribution in [-0.4, -0.2) is 10.9 Å². The van der Waals surface area contributed by atoms with Crippen LogP contribution in [0.4, 0.5) is 11.4 Å². The lowest BCUT2D eigenvalue weighted by atomic mass is 10.1. The normalized spacial score (nSPS) is 10.1. The largest absolute Gasteiger partial charge is 0.324 e. The van der Waals surface area contributed by atoms with Gasteiger partial charge in [0.25, 0.3) is 5.91 Å². The number of aromatic nitrogens is 1. The van der Waals surface area contributed by atoms with E-state index >= 15 is 0 Å². The predicted octanol–water partition coefficient (Wildman–Crippen LogP) is 2.57. The van der Waals surface area contributed by atoms with Gasteiger partial charge in [-0.05, 0) is 30.2 Å². The Bertz CT molecular complexity index is 598. The molecule has 4 N–H and O–H groups in total. The Morgan fingerprint density at radius 1 is 1.30 bits per heavy atom. The Hall–Kier alpha value is -2.40. The Kier molecular flexibility index (Phi) is 4.68. The fourth-order valence-electron chi connectivity index (χ4n) is 1.96. The van der Waals surface area contributed by atoms with Gasteiger partial charge in [0.2, 0.25) is 0 Å². The molecule has 0 saturated carbocycles. The van der Waals surface area contributed by atoms with Crippen LogP contribution in [0.3, 0.4) is 0 Å². The van der Waals surface area contributed by atoms with Crippen molar-refractivity contribution in [1.29, 1.82) is 0 Å². The van der Waals surface area contributed by atoms with Crippen molar-refractivity contribution in [3.05, 3.63) is 53.9 Å². The molecule has 104 valence electrons. The van der Waals surface area contributed by atoms with Crippen molar-refractivity contribution >= 4 is 17.3 Å². The number of aryl methyl sites for hydroxylation is 1. The molecule has 0 aliphatic heterocycles. The van der Waals surface area contributed by atoms with E-state index in [1.807, 2.05) is 24.3 Å². The van der Waals surface area contributed by atoms with Gasteiger partial charge in [0.05, 0.1) is 5.69 Å². The summed E-state index contributed by atoms with van der Waals surface area (Å²) in [7, 11) is 0. The lowest BCUT2D eigenvalue weighted by molar-refractivity contribution is 0.102. The van der Waals surface area contributed by atoms with Crippen molar-refractivity contribution in [1.82, 2.24) is 4.98 Å². The second-order valence-corrected chi connectivity index (χ2v) is 4.44. The summed E-state index contributed by atoms with van der Waals surface area (Å²) in [6, 6.07) is 11.1. The first kappa shape index (κ1) is 14.0. The number of benzene rings is 1. The molecule has 1 aromatic heterocycles. The molecule has 0 atom stereocenters. The summed E-state index contributed by atoms with van der Waals surface area (Å²) < 4.78 is 0. The minimum atomic E-state index is -0.245. The topological polar surface area (TPSA) is 80.0 Å². The molecule has 2 aromatic rings. The average Bonchev–Trinajstić information content (AvgIpc) is 2.49. The summed E-state index contributed by atoms with van der Waals surface area (Å²) in [5.41, 5.74) is 5.42. The van der Waals surface area contributed by atoms with Gasteiger partial charge in [-0.2, -0.15) is 0 Å². The number of hydrogen-bond acceptors (Lipinski definition) is 4. The zero-order valence-corrected chi connectivity index (χ0v) is 11.4. The molecular weight excluding hydrogens is 252 g/mol. The van der Waals surface area contributed by atoms with Crippen LogP contribution in [0.25, 0.3) is 0 Å². The second kappa shape index (κ2) is 6.68. The van der Waals surface area contributed by atoms with Crippen LogP contribution in [-0.2, 0) is 6.42 Å². The minimum Gasteiger partial charge on any atom is -0.324 e. The molecular formula is C15H18N4O. The van der Waals surface area contributed by atoms with Crippen LogP contribution in [0.15, 0.2) is 42.6 Å². The first-order valence-electron chi connectivity index (χ1n) is 6.56. The van der Waals surface area contributed by atoms with Crippen molar-refractivity contribution in [3.63, 3.8) is 0 Å². The van der Waals surface area contributed by atoms with Gasteiger partial charge in [-0.25, -0.2) is 0 Å². The molecule has 0 saturated heterocycles. The van der Waals surface area contributed by atoms with E-state index in [0.29, 0.717) is 11.4 Å². The zero-order chi connectivity index (χ0) is 14.4. The molecule has 1 amide bonds. The Morgan fingerprint density at radius 2 is 2.10 bits per heavy atom. The molecule has 5 nitrogen and oxygen atoms in total. The number of anilines is 2. The summed E-state index contributed by atoms with van der Waals surface area (Å²) in [5, 5.41) is 2.89. The maximum atomic E-state index is 12.2. The third-order valence-corrected chi connectivity index (χ3v) is 2.94. The molecule has 0 aliphatic rings. The van der Waals surface area contributed by atoms with Crippen molar-refractivity contribution in [3.8, 4) is 0 Å². The lowest BCUT2D eigenvalue weighted by Gasteiger charge is -2.10. The highest BCUT2D eigenvalue weighted by molar-refractivity contribution is 6.03. The Balaban J connectivity index is 2.19. The van der Waals surface area contributed by atoms with Gasteiger partial charge in [0.15, 0.2) is 0 Å². The van der Waals surface area contributed by atoms with E-state index in [-0.39, 0.29) is 5.91 Å². The number of nitrogens with zero attached hydrogens (tertiary/aromatic N) is 1. The highest BCUT2D eigenvalue weighted by Gasteiger charge is 2.10. The molecule has 2 rings (SSSR count). The van der Waals surface area contributed by atoms with E-state index in [1.54, 1.807) is 18.3 Å². The fourth-order valence-corrected chi connectivity index (χ4v) is 1.96. The number of nitrogens with one attached hydrogen (secondary N) is 2. The van der Waals surface area contributed by atoms with Crippen LogP contribution in [0.5, 0.6) is 0 Å². The van der Waals surface area contributed by atoms with Gasteiger partial charge >= 0.3 is 0 Å². The van der Waals surface area contributed by atoms with Crippen molar-refractivity contribution in [2.24, 2.45) is 5.84 Å². The van der Waals surface area contributed by atoms with Crippen LogP contribution in [0, 0.1) is 0 Å². The van der Waals surface area contributed by atoms with Gasteiger partial charge in [0, 0.05) is 11.9 Å². The van der Waals surface area contributed by atoms with Crippen molar-refractivity contribution < 1.29 is 4.79 Å². The van der Waals surface area contributed by atoms with Gasteiger partial charge in [0.1, 0.15) is 5.69 Å². The molecule has 0 unspecified atom stereocenters. The number of nitrogens with two attached hydrogens (primary N) is 1. The Morgan fingerprint density at radius 3 is 2.85 bits per heavy atom. The minimum absolute atomic E-state index is 0.245. The summed E-state index contributed by atoms with van der Waals surface area (Å²) in [5.74, 6) is 5.08. The summed E-state index contributed by atoms with van der Waals surface area (Å²) in [4.78, 5) is 16.2. The van der Waals surface area contributed by atoms with Crippen LogP contribution in [0.1, 0.15) is 29.4 Å². The van der Waals surface area contributed by atoms with E-state index < -0.39 is 0 Å². The van der Waals surface area contributed by atoms with E-state index in [9.17, 15) is 4.79 Å². The number of hydrogen-bond donors (Lipinski definition) is 3. The molecule has 0 spiro atoms. The van der Waals surface area contributed by atoms with Gasteiger partial charge in [-0.1, -0.05) is 31.5 Å². The first-order chi connectivity index (χ1) is 9.74. The number of pyridine rings is 1. The van der Waals surface area contributed by atoms with Gasteiger partial charge in [-0.15, -0.1) is 0 Å². The maximum absolute atomic E-state index is 12.2. The number of nitrogen functional groups attached to an aromatic ring is 1. The standard InChI is InChI=1S/C15H18N4O/c1-2-5-11-6-3-4-7-13(11)18-15(20)14-10-12(19-16)8-9-17-14/h3-4,6-10H,2,5,16H2,1H3,(H,17,19)(H,18,20). The molecule has 20 heavy (non-hydrogen) atoms. The molecule has 1 aromatic carbocycles. The summed E-state index contributed by atoms with van der Waals surface area (Å²) in [6.07, 6.45) is 3.49. The predicted molar refractivity (Wildman–Crippen MR) is 80.4 cm³/mol. The zero-order valence-electron chi connectivity index (χ0n) is 11.4. The summed E-state index contributed by atoms with van der Waals surface area (Å²) in [6.45, 7) is 2.11. The smallest absolute Gasteiger partial charge is 0.274 e. The molecule has 0 aliphatic carbocycles. The Labute approximate surface area is 118 Å². The van der Waals surface area contributed by atoms with Crippen molar-refractivity contribution in [2.45, 2.75) is 19.8 Å². The number of carbonyl (C=O) groups excluding carboxylic acids is 1. The van der Waals surface area contributed by atoms with Crippen LogP contribution < -0.4 is 16.6 Å². The SMILES string of the molecule is CCCc1ccccc1NC(=O)c1cc(NN)ccn1. The molecule has 0 bridgehead atoms. The third-order valence-electron chi connectivity index (χ3n) is 2.94. The van der Waals surface area contributed by atoms with Crippen LogP contribution in [0.2, 0.25) is 0 Å². The van der Waals surface area contributed by atoms with E-state index in [0.717, 1.165) is 24.1 Å². The maximum Gasteiger partial charge on any atom is 0.274 e. The number of para-hydroxylation sites is 1. The fraction of sp³-hybridized carbons (Fsp3) is 0.200. The monoisotopic (exact) mass is 270 g/mol. The second-order valence-electron chi connectivity index (χ2n) is 4.44. The average molecular weight is 270 g/mol. The highest BCUT2D eigenvalue weighted by Crippen LogP contribution is 2.18. The summed E-state index contributed by atoms with van der Waals surface area (Å²) >= 11 is 0. The third kappa shape index (κ3) is 3.33.